The Kier molecular flexibility index (Phi) is 12.5. The third kappa shape index (κ3) is 10.2. The van der Waals surface area contributed by atoms with Crippen molar-refractivity contribution in [3.63, 3.8) is 0 Å². The van der Waals surface area contributed by atoms with Crippen molar-refractivity contribution in [1.29, 1.82) is 0 Å². The van der Waals surface area contributed by atoms with Gasteiger partial charge in [-0.15, -0.1) is 0 Å². The summed E-state index contributed by atoms with van der Waals surface area (Å²) in [7, 11) is 0. The van der Waals surface area contributed by atoms with E-state index in [-0.39, 0.29) is 30.0 Å². The number of benzene rings is 2. The van der Waals surface area contributed by atoms with Gasteiger partial charge in [0, 0.05) is 19.0 Å². The molecule has 8 heteroatoms. The first kappa shape index (κ1) is 32.7. The molecule has 3 unspecified atom stereocenters. The van der Waals surface area contributed by atoms with E-state index in [0.717, 1.165) is 30.4 Å². The van der Waals surface area contributed by atoms with E-state index in [4.69, 9.17) is 4.74 Å². The van der Waals surface area contributed by atoms with Crippen molar-refractivity contribution in [2.45, 2.75) is 104 Å². The Morgan fingerprint density at radius 2 is 1.60 bits per heavy atom. The molecule has 0 saturated heterocycles. The Morgan fingerprint density at radius 1 is 0.975 bits per heavy atom. The fraction of sp³-hybridized carbons (Fsp3) is 0.531. The minimum atomic E-state index is -1.01. The molecular formula is C32H47N3O5. The Morgan fingerprint density at radius 3 is 2.15 bits per heavy atom. The molecule has 0 aliphatic heterocycles. The highest BCUT2D eigenvalue weighted by molar-refractivity contribution is 5.92. The van der Waals surface area contributed by atoms with E-state index in [0.29, 0.717) is 18.5 Å². The highest BCUT2D eigenvalue weighted by Crippen LogP contribution is 2.27. The molecule has 0 fully saturated rings. The molecule has 0 heterocycles. The van der Waals surface area contributed by atoms with Crippen LogP contribution in [-0.4, -0.2) is 52.1 Å². The molecule has 0 aliphatic rings. The van der Waals surface area contributed by atoms with Crippen molar-refractivity contribution in [2.75, 3.05) is 6.54 Å². The first-order valence-electron chi connectivity index (χ1n) is 14.3. The number of hydrogen-bond donors (Lipinski definition) is 3. The average Bonchev–Trinajstić information content (AvgIpc) is 2.89. The lowest BCUT2D eigenvalue weighted by Gasteiger charge is -2.38. The molecule has 2 aromatic carbocycles. The molecule has 3 amide bonds. The lowest BCUT2D eigenvalue weighted by Crippen LogP contribution is -2.56. The number of aromatic hydroxyl groups is 1. The number of nitrogens with zero attached hydrogens (tertiary/aromatic N) is 1. The topological polar surface area (TPSA) is 108 Å². The van der Waals surface area contributed by atoms with E-state index in [1.165, 1.54) is 12.1 Å². The largest absolute Gasteiger partial charge is 0.508 e. The van der Waals surface area contributed by atoms with E-state index in [9.17, 15) is 19.5 Å². The van der Waals surface area contributed by atoms with Crippen LogP contribution in [0.2, 0.25) is 0 Å². The summed E-state index contributed by atoms with van der Waals surface area (Å²) >= 11 is 0. The highest BCUT2D eigenvalue weighted by atomic mass is 16.6. The zero-order valence-electron chi connectivity index (χ0n) is 25.1. The van der Waals surface area contributed by atoms with Crippen molar-refractivity contribution < 1.29 is 24.2 Å². The molecule has 0 aliphatic carbocycles. The normalized spacial score (nSPS) is 13.6. The highest BCUT2D eigenvalue weighted by Gasteiger charge is 2.38. The van der Waals surface area contributed by atoms with Gasteiger partial charge in [0.05, 0.1) is 0 Å². The number of carbonyl (C=O) groups excluding carboxylic acids is 3. The monoisotopic (exact) mass is 553 g/mol. The summed E-state index contributed by atoms with van der Waals surface area (Å²) in [6, 6.07) is 11.9. The third-order valence-corrected chi connectivity index (χ3v) is 6.68. The lowest BCUT2D eigenvalue weighted by molar-refractivity contribution is -0.145. The van der Waals surface area contributed by atoms with E-state index in [1.54, 1.807) is 37.8 Å². The number of carbonyl (C=O) groups is 3. The van der Waals surface area contributed by atoms with Gasteiger partial charge in [-0.1, -0.05) is 68.7 Å². The van der Waals surface area contributed by atoms with Crippen molar-refractivity contribution in [3.05, 3.63) is 65.2 Å². The standard InChI is InChI=1S/C32H47N3O5/c1-8-10-11-20-33-29(37)28(25-16-12-22(3)13-17-25)35(23(4)9-2)30(38)27(34-31(39)40-32(5,6)7)21-24-14-18-26(36)19-15-24/h12-19,23,27-28,36H,8-11,20-21H2,1-7H3,(H,33,37)(H,34,39). The molecule has 0 radical (unpaired) electrons. The number of unbranched alkanes of at least 4 members (excludes halogenated alkanes) is 2. The Bertz CT molecular complexity index is 1090. The Balaban J connectivity index is 2.53. The van der Waals surface area contributed by atoms with Crippen LogP contribution < -0.4 is 10.6 Å². The summed E-state index contributed by atoms with van der Waals surface area (Å²) in [6.45, 7) is 13.7. The van der Waals surface area contributed by atoms with Gasteiger partial charge in [0.1, 0.15) is 23.4 Å². The molecule has 0 saturated carbocycles. The van der Waals surface area contributed by atoms with Crippen LogP contribution in [0.15, 0.2) is 48.5 Å². The maximum Gasteiger partial charge on any atom is 0.408 e. The third-order valence-electron chi connectivity index (χ3n) is 6.68. The molecule has 220 valence electrons. The van der Waals surface area contributed by atoms with Gasteiger partial charge in [0.2, 0.25) is 11.8 Å². The summed E-state index contributed by atoms with van der Waals surface area (Å²) < 4.78 is 5.48. The Hall–Kier alpha value is -3.55. The summed E-state index contributed by atoms with van der Waals surface area (Å²) in [4.78, 5) is 42.6. The quantitative estimate of drug-likeness (QED) is 0.271. The van der Waals surface area contributed by atoms with Crippen molar-refractivity contribution in [3.8, 4) is 5.75 Å². The van der Waals surface area contributed by atoms with Crippen LogP contribution in [0.4, 0.5) is 4.79 Å². The second-order valence-corrected chi connectivity index (χ2v) is 11.4. The van der Waals surface area contributed by atoms with E-state index in [2.05, 4.69) is 17.6 Å². The number of rotatable bonds is 13. The van der Waals surface area contributed by atoms with Gasteiger partial charge in [-0.2, -0.15) is 0 Å². The number of ether oxygens (including phenoxy) is 1. The molecular weight excluding hydrogens is 506 g/mol. The van der Waals surface area contributed by atoms with Crippen LogP contribution >= 0.6 is 0 Å². The molecule has 3 atom stereocenters. The van der Waals surface area contributed by atoms with Gasteiger partial charge >= 0.3 is 6.09 Å². The first-order chi connectivity index (χ1) is 18.9. The number of nitrogens with one attached hydrogen (secondary N) is 2. The van der Waals surface area contributed by atoms with Gasteiger partial charge in [-0.05, 0) is 70.7 Å². The van der Waals surface area contributed by atoms with Crippen molar-refractivity contribution in [2.24, 2.45) is 0 Å². The minimum absolute atomic E-state index is 0.104. The molecule has 0 spiro atoms. The van der Waals surface area contributed by atoms with Crippen LogP contribution in [0.5, 0.6) is 5.75 Å². The average molecular weight is 554 g/mol. The van der Waals surface area contributed by atoms with Gasteiger partial charge in [0.25, 0.3) is 0 Å². The second-order valence-electron chi connectivity index (χ2n) is 11.4. The van der Waals surface area contributed by atoms with Crippen LogP contribution in [-0.2, 0) is 20.7 Å². The number of aryl methyl sites for hydroxylation is 1. The van der Waals surface area contributed by atoms with Crippen molar-refractivity contribution in [1.82, 2.24) is 15.5 Å². The fourth-order valence-electron chi connectivity index (χ4n) is 4.36. The maximum atomic E-state index is 14.4. The second kappa shape index (κ2) is 15.3. The van der Waals surface area contributed by atoms with Crippen LogP contribution in [0.25, 0.3) is 0 Å². The molecule has 8 nitrogen and oxygen atoms in total. The van der Waals surface area contributed by atoms with E-state index in [1.807, 2.05) is 45.0 Å². The Labute approximate surface area is 239 Å². The zero-order valence-corrected chi connectivity index (χ0v) is 25.1. The van der Waals surface area contributed by atoms with Gasteiger partial charge < -0.3 is 25.4 Å². The predicted octanol–water partition coefficient (Wildman–Crippen LogP) is 5.81. The van der Waals surface area contributed by atoms with Crippen molar-refractivity contribution >= 4 is 17.9 Å². The van der Waals surface area contributed by atoms with Crippen LogP contribution in [0.3, 0.4) is 0 Å². The van der Waals surface area contributed by atoms with Gasteiger partial charge in [-0.3, -0.25) is 9.59 Å². The molecule has 2 aromatic rings. The summed E-state index contributed by atoms with van der Waals surface area (Å²) in [5.74, 6) is -0.538. The zero-order chi connectivity index (χ0) is 29.9. The summed E-state index contributed by atoms with van der Waals surface area (Å²) in [6.07, 6.45) is 2.93. The lowest BCUT2D eigenvalue weighted by atomic mass is 9.97. The smallest absolute Gasteiger partial charge is 0.408 e. The summed E-state index contributed by atoms with van der Waals surface area (Å²) in [5, 5.41) is 15.5. The number of phenolic OH excluding ortho intramolecular Hbond substituents is 1. The first-order valence-corrected chi connectivity index (χ1v) is 14.3. The minimum Gasteiger partial charge on any atom is -0.508 e. The SMILES string of the molecule is CCCCCNC(=O)C(c1ccc(C)cc1)N(C(=O)C(Cc1ccc(O)cc1)NC(=O)OC(C)(C)C)C(C)CC. The predicted molar refractivity (Wildman–Crippen MR) is 158 cm³/mol. The molecule has 2 rings (SSSR count). The van der Waals surface area contributed by atoms with Crippen LogP contribution in [0.1, 0.15) is 90.0 Å². The maximum absolute atomic E-state index is 14.4. The number of alkyl carbamates (subject to hydrolysis) is 1. The fourth-order valence-corrected chi connectivity index (χ4v) is 4.36. The van der Waals surface area contributed by atoms with Gasteiger partial charge in [-0.25, -0.2) is 4.79 Å². The molecule has 0 bridgehead atoms. The molecule has 40 heavy (non-hydrogen) atoms. The van der Waals surface area contributed by atoms with Crippen LogP contribution in [0, 0.1) is 6.92 Å². The number of hydrogen-bond acceptors (Lipinski definition) is 5. The number of amides is 3. The molecule has 0 aromatic heterocycles. The van der Waals surface area contributed by atoms with E-state index < -0.39 is 23.8 Å². The summed E-state index contributed by atoms with van der Waals surface area (Å²) in [5.41, 5.74) is 1.74. The molecule has 3 N–H and O–H groups in total. The van der Waals surface area contributed by atoms with E-state index >= 15 is 0 Å². The van der Waals surface area contributed by atoms with Gasteiger partial charge in [0.15, 0.2) is 0 Å². The number of phenols is 1.